The number of methoxy groups -OCH3 is 1. The molecule has 0 spiro atoms. The van der Waals surface area contributed by atoms with Crippen molar-refractivity contribution in [2.24, 2.45) is 16.2 Å². The molecule has 3 atom stereocenters. The Labute approximate surface area is 102 Å². The molecule has 2 rings (SSSR count). The molecule has 17 heavy (non-hydrogen) atoms. The van der Waals surface area contributed by atoms with Crippen LogP contribution in [0.3, 0.4) is 0 Å². The van der Waals surface area contributed by atoms with Crippen LogP contribution in [-0.2, 0) is 14.3 Å². The number of hydrogen-bond donors (Lipinski definition) is 1. The fourth-order valence-electron chi connectivity index (χ4n) is 4.12. The number of esters is 1. The van der Waals surface area contributed by atoms with Crippen LogP contribution in [-0.4, -0.2) is 25.5 Å². The molecule has 4 nitrogen and oxygen atoms in total. The number of carbonyl (C=O) groups excluding carboxylic acids is 2. The van der Waals surface area contributed by atoms with E-state index in [0.717, 1.165) is 12.8 Å². The number of piperidine rings is 1. The average Bonchev–Trinajstić information content (AvgIpc) is 2.21. The Morgan fingerprint density at radius 2 is 1.88 bits per heavy atom. The average molecular weight is 239 g/mol. The number of nitrogens with one attached hydrogen (secondary N) is 1. The van der Waals surface area contributed by atoms with E-state index in [9.17, 15) is 9.59 Å². The molecule has 1 amide bonds. The fourth-order valence-corrected chi connectivity index (χ4v) is 4.12. The van der Waals surface area contributed by atoms with E-state index in [1.165, 1.54) is 7.11 Å². The summed E-state index contributed by atoms with van der Waals surface area (Å²) in [6.07, 6.45) is 2.22. The molecule has 1 saturated heterocycles. The van der Waals surface area contributed by atoms with Gasteiger partial charge in [-0.3, -0.25) is 9.59 Å². The Hall–Kier alpha value is -1.06. The van der Waals surface area contributed by atoms with Gasteiger partial charge in [-0.05, 0) is 31.6 Å². The Balaban J connectivity index is 2.37. The largest absolute Gasteiger partial charge is 0.469 e. The SMILES string of the molecule is COC(=O)[C@@]1(C)C[C@@]2(C)CNC(=O)[C@](C)(C2)C1. The Morgan fingerprint density at radius 3 is 2.47 bits per heavy atom. The zero-order chi connectivity index (χ0) is 12.9. The molecule has 2 fully saturated rings. The summed E-state index contributed by atoms with van der Waals surface area (Å²) in [5, 5.41) is 2.97. The highest BCUT2D eigenvalue weighted by Crippen LogP contribution is 2.56. The van der Waals surface area contributed by atoms with E-state index in [1.807, 2.05) is 13.8 Å². The van der Waals surface area contributed by atoms with E-state index >= 15 is 0 Å². The van der Waals surface area contributed by atoms with Crippen LogP contribution in [0, 0.1) is 16.2 Å². The van der Waals surface area contributed by atoms with Crippen LogP contribution in [0.15, 0.2) is 0 Å². The minimum atomic E-state index is -0.533. The van der Waals surface area contributed by atoms with E-state index in [-0.39, 0.29) is 17.3 Å². The van der Waals surface area contributed by atoms with Crippen molar-refractivity contribution in [1.29, 1.82) is 0 Å². The fraction of sp³-hybridized carbons (Fsp3) is 0.846. The van der Waals surface area contributed by atoms with Gasteiger partial charge in [0.05, 0.1) is 12.5 Å². The van der Waals surface area contributed by atoms with Crippen molar-refractivity contribution in [2.45, 2.75) is 40.0 Å². The van der Waals surface area contributed by atoms with Crippen LogP contribution < -0.4 is 5.32 Å². The third-order valence-corrected chi connectivity index (χ3v) is 4.32. The molecular weight excluding hydrogens is 218 g/mol. The highest BCUT2D eigenvalue weighted by atomic mass is 16.5. The summed E-state index contributed by atoms with van der Waals surface area (Å²) in [5.74, 6) is -0.117. The smallest absolute Gasteiger partial charge is 0.311 e. The number of rotatable bonds is 1. The van der Waals surface area contributed by atoms with Crippen LogP contribution in [0.2, 0.25) is 0 Å². The zero-order valence-corrected chi connectivity index (χ0v) is 11.1. The van der Waals surface area contributed by atoms with Crippen molar-refractivity contribution in [3.8, 4) is 0 Å². The summed E-state index contributed by atoms with van der Waals surface area (Å²) in [4.78, 5) is 24.0. The summed E-state index contributed by atoms with van der Waals surface area (Å²) in [6, 6.07) is 0. The summed E-state index contributed by atoms with van der Waals surface area (Å²) in [5.41, 5.74) is -0.966. The van der Waals surface area contributed by atoms with Gasteiger partial charge in [-0.2, -0.15) is 0 Å². The second kappa shape index (κ2) is 3.47. The standard InChI is InChI=1S/C13H21NO3/c1-11-5-12(2,9(15)14-8-11)7-13(3,6-11)10(16)17-4/h5-8H2,1-4H3,(H,14,15)/t11-,12+,13-/m0/s1. The highest BCUT2D eigenvalue weighted by molar-refractivity contribution is 5.86. The van der Waals surface area contributed by atoms with Gasteiger partial charge in [-0.25, -0.2) is 0 Å². The lowest BCUT2D eigenvalue weighted by atomic mass is 9.52. The molecule has 0 unspecified atom stereocenters. The third kappa shape index (κ3) is 1.83. The van der Waals surface area contributed by atoms with Gasteiger partial charge in [0.15, 0.2) is 0 Å². The van der Waals surface area contributed by atoms with Crippen LogP contribution >= 0.6 is 0 Å². The van der Waals surface area contributed by atoms with Crippen LogP contribution in [0.1, 0.15) is 40.0 Å². The monoisotopic (exact) mass is 239 g/mol. The van der Waals surface area contributed by atoms with Crippen molar-refractivity contribution >= 4 is 11.9 Å². The Morgan fingerprint density at radius 1 is 1.24 bits per heavy atom. The number of hydrogen-bond acceptors (Lipinski definition) is 3. The molecule has 0 aromatic rings. The molecule has 2 aliphatic rings. The summed E-state index contributed by atoms with van der Waals surface area (Å²) in [6.45, 7) is 6.69. The number of amides is 1. The van der Waals surface area contributed by atoms with E-state index in [4.69, 9.17) is 4.74 Å². The van der Waals surface area contributed by atoms with Gasteiger partial charge in [0, 0.05) is 12.0 Å². The van der Waals surface area contributed by atoms with E-state index in [1.54, 1.807) is 0 Å². The first-order chi connectivity index (χ1) is 7.73. The first-order valence-corrected chi connectivity index (χ1v) is 6.10. The molecule has 0 aromatic carbocycles. The van der Waals surface area contributed by atoms with E-state index in [0.29, 0.717) is 13.0 Å². The molecule has 2 bridgehead atoms. The van der Waals surface area contributed by atoms with Gasteiger partial charge in [0.1, 0.15) is 0 Å². The highest BCUT2D eigenvalue weighted by Gasteiger charge is 2.57. The molecule has 1 aliphatic carbocycles. The zero-order valence-electron chi connectivity index (χ0n) is 11.1. The predicted molar refractivity (Wildman–Crippen MR) is 63.2 cm³/mol. The molecule has 1 heterocycles. The Kier molecular flexibility index (Phi) is 2.53. The van der Waals surface area contributed by atoms with Crippen molar-refractivity contribution in [3.05, 3.63) is 0 Å². The van der Waals surface area contributed by atoms with Crippen LogP contribution in [0.5, 0.6) is 0 Å². The topological polar surface area (TPSA) is 55.4 Å². The van der Waals surface area contributed by atoms with Gasteiger partial charge >= 0.3 is 5.97 Å². The minimum Gasteiger partial charge on any atom is -0.469 e. The van der Waals surface area contributed by atoms with Crippen molar-refractivity contribution < 1.29 is 14.3 Å². The predicted octanol–water partition coefficient (Wildman–Crippen LogP) is 1.49. The number of fused-ring (bicyclic) bond motifs is 2. The van der Waals surface area contributed by atoms with E-state index in [2.05, 4.69) is 12.2 Å². The van der Waals surface area contributed by atoms with E-state index < -0.39 is 10.8 Å². The maximum Gasteiger partial charge on any atom is 0.311 e. The van der Waals surface area contributed by atoms with Gasteiger partial charge in [0.25, 0.3) is 0 Å². The molecule has 0 aromatic heterocycles. The van der Waals surface area contributed by atoms with Gasteiger partial charge in [-0.15, -0.1) is 0 Å². The van der Waals surface area contributed by atoms with Crippen molar-refractivity contribution in [2.75, 3.05) is 13.7 Å². The second-order valence-electron chi connectivity index (χ2n) is 6.64. The molecule has 1 saturated carbocycles. The lowest BCUT2D eigenvalue weighted by molar-refractivity contribution is -0.167. The lowest BCUT2D eigenvalue weighted by Gasteiger charge is -2.54. The quantitative estimate of drug-likeness (QED) is 0.705. The maximum atomic E-state index is 12.0. The lowest BCUT2D eigenvalue weighted by Crippen LogP contribution is -2.60. The molecule has 1 N–H and O–H groups in total. The number of ether oxygens (including phenoxy) is 1. The molecular formula is C13H21NO3. The van der Waals surface area contributed by atoms with Gasteiger partial charge in [0.2, 0.25) is 5.91 Å². The van der Waals surface area contributed by atoms with Crippen LogP contribution in [0.4, 0.5) is 0 Å². The molecule has 0 radical (unpaired) electrons. The third-order valence-electron chi connectivity index (χ3n) is 4.32. The summed E-state index contributed by atoms with van der Waals surface area (Å²) >= 11 is 0. The molecule has 96 valence electrons. The normalized spacial score (nSPS) is 45.1. The Bertz CT molecular complexity index is 381. The summed E-state index contributed by atoms with van der Waals surface area (Å²) in [7, 11) is 1.42. The molecule has 4 heteroatoms. The van der Waals surface area contributed by atoms with Crippen molar-refractivity contribution in [1.82, 2.24) is 5.32 Å². The maximum absolute atomic E-state index is 12.0. The van der Waals surface area contributed by atoms with Crippen LogP contribution in [0.25, 0.3) is 0 Å². The minimum absolute atomic E-state index is 0.00382. The first-order valence-electron chi connectivity index (χ1n) is 6.10. The summed E-state index contributed by atoms with van der Waals surface area (Å²) < 4.78 is 4.91. The van der Waals surface area contributed by atoms with Gasteiger partial charge < -0.3 is 10.1 Å². The van der Waals surface area contributed by atoms with Gasteiger partial charge in [-0.1, -0.05) is 13.8 Å². The van der Waals surface area contributed by atoms with Crippen molar-refractivity contribution in [3.63, 3.8) is 0 Å². The molecule has 1 aliphatic heterocycles. The number of carbonyl (C=O) groups is 2. The second-order valence-corrected chi connectivity index (χ2v) is 6.64. The first kappa shape index (κ1) is 12.4.